The van der Waals surface area contributed by atoms with Crippen LogP contribution in [0.5, 0.6) is 0 Å². The predicted octanol–water partition coefficient (Wildman–Crippen LogP) is 1.00. The lowest BCUT2D eigenvalue weighted by atomic mass is 10.1. The van der Waals surface area contributed by atoms with Crippen LogP contribution in [0.1, 0.15) is 16.1 Å². The number of halogens is 1. The predicted molar refractivity (Wildman–Crippen MR) is 110 cm³/mol. The number of aromatic amines is 1. The number of carbonyl (C=O) groups is 1. The van der Waals surface area contributed by atoms with Crippen molar-refractivity contribution < 1.29 is 17.9 Å². The molecule has 156 valence electrons. The molecule has 2 aromatic rings. The highest BCUT2D eigenvalue weighted by Gasteiger charge is 2.21. The summed E-state index contributed by atoms with van der Waals surface area (Å²) >= 11 is 0. The van der Waals surface area contributed by atoms with Gasteiger partial charge in [-0.3, -0.25) is 4.79 Å². The normalized spacial score (nSPS) is 11.1. The standard InChI is InChI=1S/C18H26N4O4S.ClH/c1-26-12-9-21-27(24,25)16-13-17(20-14-16)18(23)22(11-8-19)10-7-15-5-3-2-4-6-15;/h2-6,13-14,20-21H,7-12,19H2,1H3;1H. The summed E-state index contributed by atoms with van der Waals surface area (Å²) in [5.74, 6) is -0.283. The Hall–Kier alpha value is -1.91. The lowest BCUT2D eigenvalue weighted by molar-refractivity contribution is 0.0757. The van der Waals surface area contributed by atoms with E-state index < -0.39 is 10.0 Å². The Bertz CT molecular complexity index is 827. The van der Waals surface area contributed by atoms with Crippen molar-refractivity contribution in [3.05, 3.63) is 53.9 Å². The Kier molecular flexibility index (Phi) is 10.2. The van der Waals surface area contributed by atoms with Crippen molar-refractivity contribution in [1.82, 2.24) is 14.6 Å². The second-order valence-corrected chi connectivity index (χ2v) is 7.72. The Morgan fingerprint density at radius 2 is 1.96 bits per heavy atom. The van der Waals surface area contributed by atoms with Crippen molar-refractivity contribution in [2.45, 2.75) is 11.3 Å². The third kappa shape index (κ3) is 6.92. The summed E-state index contributed by atoms with van der Waals surface area (Å²) < 4.78 is 31.7. The maximum Gasteiger partial charge on any atom is 0.270 e. The van der Waals surface area contributed by atoms with Gasteiger partial charge in [0.2, 0.25) is 10.0 Å². The third-order valence-electron chi connectivity index (χ3n) is 3.99. The number of benzene rings is 1. The average Bonchev–Trinajstić information content (AvgIpc) is 3.17. The monoisotopic (exact) mass is 430 g/mol. The molecule has 0 aliphatic carbocycles. The molecule has 0 spiro atoms. The molecule has 0 atom stereocenters. The van der Waals surface area contributed by atoms with Gasteiger partial charge < -0.3 is 20.4 Å². The van der Waals surface area contributed by atoms with Crippen molar-refractivity contribution in [2.24, 2.45) is 5.73 Å². The van der Waals surface area contributed by atoms with Crippen LogP contribution in [0.3, 0.4) is 0 Å². The Labute approximate surface area is 171 Å². The number of amides is 1. The van der Waals surface area contributed by atoms with E-state index in [0.29, 0.717) is 26.1 Å². The number of nitrogens with one attached hydrogen (secondary N) is 2. The average molecular weight is 431 g/mol. The topological polar surface area (TPSA) is 118 Å². The van der Waals surface area contributed by atoms with Crippen LogP contribution in [-0.4, -0.2) is 64.1 Å². The van der Waals surface area contributed by atoms with Crippen molar-refractivity contribution in [2.75, 3.05) is 39.9 Å². The molecule has 0 saturated carbocycles. The molecule has 0 fully saturated rings. The number of hydrogen-bond acceptors (Lipinski definition) is 5. The molecule has 0 aliphatic rings. The van der Waals surface area contributed by atoms with Gasteiger partial charge in [-0.2, -0.15) is 0 Å². The van der Waals surface area contributed by atoms with E-state index in [2.05, 4.69) is 9.71 Å². The van der Waals surface area contributed by atoms with Crippen LogP contribution in [0, 0.1) is 0 Å². The number of sulfonamides is 1. The van der Waals surface area contributed by atoms with E-state index in [1.54, 1.807) is 4.90 Å². The molecule has 8 nitrogen and oxygen atoms in total. The summed E-state index contributed by atoms with van der Waals surface area (Å²) in [5.41, 5.74) is 6.96. The largest absolute Gasteiger partial charge is 0.383 e. The Balaban J connectivity index is 0.00000392. The molecule has 1 aromatic carbocycles. The van der Waals surface area contributed by atoms with Gasteiger partial charge >= 0.3 is 0 Å². The summed E-state index contributed by atoms with van der Waals surface area (Å²) in [6.45, 7) is 1.62. The van der Waals surface area contributed by atoms with Gasteiger partial charge in [-0.05, 0) is 18.1 Å². The fourth-order valence-electron chi connectivity index (χ4n) is 2.56. The van der Waals surface area contributed by atoms with E-state index in [1.165, 1.54) is 19.4 Å². The van der Waals surface area contributed by atoms with Crippen molar-refractivity contribution >= 4 is 28.3 Å². The minimum absolute atomic E-state index is 0. The molecule has 28 heavy (non-hydrogen) atoms. The summed E-state index contributed by atoms with van der Waals surface area (Å²) in [6.07, 6.45) is 2.00. The van der Waals surface area contributed by atoms with Gasteiger partial charge in [0.15, 0.2) is 0 Å². The third-order valence-corrected chi connectivity index (χ3v) is 5.44. The molecule has 1 aromatic heterocycles. The van der Waals surface area contributed by atoms with E-state index in [1.807, 2.05) is 30.3 Å². The lowest BCUT2D eigenvalue weighted by Crippen LogP contribution is -2.37. The first-order chi connectivity index (χ1) is 13.0. The smallest absolute Gasteiger partial charge is 0.270 e. The van der Waals surface area contributed by atoms with E-state index in [4.69, 9.17) is 10.5 Å². The molecule has 4 N–H and O–H groups in total. The number of hydrogen-bond donors (Lipinski definition) is 3. The van der Waals surface area contributed by atoms with Gasteiger partial charge in [0, 0.05) is 39.5 Å². The van der Waals surface area contributed by atoms with Crippen LogP contribution in [0.4, 0.5) is 0 Å². The van der Waals surface area contributed by atoms with Crippen LogP contribution in [-0.2, 0) is 21.2 Å². The highest BCUT2D eigenvalue weighted by atomic mass is 35.5. The number of methoxy groups -OCH3 is 1. The minimum Gasteiger partial charge on any atom is -0.383 e. The molecule has 0 saturated heterocycles. The molecule has 0 unspecified atom stereocenters. The molecule has 0 aliphatic heterocycles. The zero-order chi connectivity index (χ0) is 19.7. The number of ether oxygens (including phenoxy) is 1. The van der Waals surface area contributed by atoms with Gasteiger partial charge in [0.05, 0.1) is 6.61 Å². The van der Waals surface area contributed by atoms with Crippen LogP contribution >= 0.6 is 12.4 Å². The number of rotatable bonds is 11. The van der Waals surface area contributed by atoms with Gasteiger partial charge in [-0.15, -0.1) is 12.4 Å². The zero-order valence-electron chi connectivity index (χ0n) is 15.8. The molecule has 1 heterocycles. The number of nitrogens with two attached hydrogens (primary N) is 1. The van der Waals surface area contributed by atoms with E-state index in [9.17, 15) is 13.2 Å². The maximum absolute atomic E-state index is 12.8. The second kappa shape index (κ2) is 11.8. The van der Waals surface area contributed by atoms with Crippen molar-refractivity contribution in [1.29, 1.82) is 0 Å². The summed E-state index contributed by atoms with van der Waals surface area (Å²) in [4.78, 5) is 17.1. The molecule has 0 bridgehead atoms. The van der Waals surface area contributed by atoms with Crippen LogP contribution in [0.2, 0.25) is 0 Å². The highest BCUT2D eigenvalue weighted by molar-refractivity contribution is 7.89. The molecular weight excluding hydrogens is 404 g/mol. The summed E-state index contributed by atoms with van der Waals surface area (Å²) in [5, 5.41) is 0. The molecular formula is C18H27ClN4O4S. The minimum atomic E-state index is -3.70. The Morgan fingerprint density at radius 3 is 2.61 bits per heavy atom. The number of nitrogens with zero attached hydrogens (tertiary/aromatic N) is 1. The second-order valence-electron chi connectivity index (χ2n) is 5.96. The summed E-state index contributed by atoms with van der Waals surface area (Å²) in [6, 6.07) is 11.2. The zero-order valence-corrected chi connectivity index (χ0v) is 17.4. The van der Waals surface area contributed by atoms with Gasteiger partial charge in [0.25, 0.3) is 5.91 Å². The maximum atomic E-state index is 12.8. The first kappa shape index (κ1) is 24.1. The quantitative estimate of drug-likeness (QED) is 0.460. The van der Waals surface area contributed by atoms with Gasteiger partial charge in [-0.1, -0.05) is 30.3 Å². The van der Waals surface area contributed by atoms with Crippen LogP contribution < -0.4 is 10.5 Å². The molecule has 0 radical (unpaired) electrons. The fourth-order valence-corrected chi connectivity index (χ4v) is 3.57. The number of carbonyl (C=O) groups excluding carboxylic acids is 1. The van der Waals surface area contributed by atoms with Crippen molar-refractivity contribution in [3.63, 3.8) is 0 Å². The van der Waals surface area contributed by atoms with Gasteiger partial charge in [0.1, 0.15) is 10.6 Å². The first-order valence-electron chi connectivity index (χ1n) is 8.68. The van der Waals surface area contributed by atoms with Crippen molar-refractivity contribution in [3.8, 4) is 0 Å². The summed E-state index contributed by atoms with van der Waals surface area (Å²) in [7, 11) is -2.21. The molecule has 1 amide bonds. The van der Waals surface area contributed by atoms with Crippen LogP contribution in [0.25, 0.3) is 0 Å². The highest BCUT2D eigenvalue weighted by Crippen LogP contribution is 2.13. The molecule has 2 rings (SSSR count). The SMILES string of the molecule is COCCNS(=O)(=O)c1c[nH]c(C(=O)N(CCN)CCc2ccccc2)c1.Cl. The van der Waals surface area contributed by atoms with E-state index in [-0.39, 0.29) is 42.1 Å². The molecule has 10 heteroatoms. The Morgan fingerprint density at radius 1 is 1.25 bits per heavy atom. The van der Waals surface area contributed by atoms with E-state index >= 15 is 0 Å². The lowest BCUT2D eigenvalue weighted by Gasteiger charge is -2.21. The van der Waals surface area contributed by atoms with Gasteiger partial charge in [-0.25, -0.2) is 13.1 Å². The fraction of sp³-hybridized carbons (Fsp3) is 0.389. The van der Waals surface area contributed by atoms with Crippen LogP contribution in [0.15, 0.2) is 47.5 Å². The van der Waals surface area contributed by atoms with E-state index in [0.717, 1.165) is 5.56 Å². The number of H-pyrrole nitrogens is 1. The number of aromatic nitrogens is 1. The first-order valence-corrected chi connectivity index (χ1v) is 10.2.